The number of amides is 1. The van der Waals surface area contributed by atoms with Crippen molar-refractivity contribution in [3.63, 3.8) is 0 Å². The summed E-state index contributed by atoms with van der Waals surface area (Å²) < 4.78 is 0. The molecule has 0 atom stereocenters. The Balaban J connectivity index is 1.94. The van der Waals surface area contributed by atoms with Crippen LogP contribution in [-0.4, -0.2) is 26.3 Å². The quantitative estimate of drug-likeness (QED) is 0.737. The minimum Gasteiger partial charge on any atom is -0.296 e. The summed E-state index contributed by atoms with van der Waals surface area (Å²) in [6, 6.07) is 5.43. The molecule has 18 heavy (non-hydrogen) atoms. The van der Waals surface area contributed by atoms with E-state index in [0.717, 1.165) is 15.9 Å². The van der Waals surface area contributed by atoms with Gasteiger partial charge in [0.1, 0.15) is 5.01 Å². The molecular formula is C11H9N5OS. The van der Waals surface area contributed by atoms with Gasteiger partial charge in [0, 0.05) is 5.39 Å². The predicted molar refractivity (Wildman–Crippen MR) is 68.7 cm³/mol. The summed E-state index contributed by atoms with van der Waals surface area (Å²) in [6.45, 7) is 1.84. The molecule has 2 aromatic heterocycles. The number of aryl methyl sites for hydroxylation is 1. The van der Waals surface area contributed by atoms with Gasteiger partial charge in [0.2, 0.25) is 5.13 Å². The number of fused-ring (bicyclic) bond motifs is 1. The number of benzene rings is 1. The van der Waals surface area contributed by atoms with E-state index in [2.05, 4.69) is 25.7 Å². The number of aromatic amines is 1. The molecule has 3 aromatic rings. The molecule has 0 aliphatic carbocycles. The highest BCUT2D eigenvalue weighted by Crippen LogP contribution is 2.19. The molecule has 0 aliphatic heterocycles. The molecule has 0 aliphatic rings. The second-order valence-corrected chi connectivity index (χ2v) is 4.90. The lowest BCUT2D eigenvalue weighted by molar-refractivity contribution is 0.102. The van der Waals surface area contributed by atoms with E-state index >= 15 is 0 Å². The molecule has 0 bridgehead atoms. The van der Waals surface area contributed by atoms with Crippen LogP contribution < -0.4 is 5.32 Å². The monoisotopic (exact) mass is 259 g/mol. The second kappa shape index (κ2) is 4.19. The summed E-state index contributed by atoms with van der Waals surface area (Å²) in [6.07, 6.45) is 1.63. The van der Waals surface area contributed by atoms with E-state index in [1.807, 2.05) is 13.0 Å². The van der Waals surface area contributed by atoms with Gasteiger partial charge in [0.25, 0.3) is 5.91 Å². The number of nitrogens with one attached hydrogen (secondary N) is 2. The Morgan fingerprint density at radius 2 is 2.28 bits per heavy atom. The lowest BCUT2D eigenvalue weighted by Gasteiger charge is -2.01. The van der Waals surface area contributed by atoms with Crippen molar-refractivity contribution in [1.82, 2.24) is 20.4 Å². The summed E-state index contributed by atoms with van der Waals surface area (Å²) in [7, 11) is 0. The molecule has 0 saturated carbocycles. The molecule has 0 spiro atoms. The lowest BCUT2D eigenvalue weighted by atomic mass is 10.1. The Kier molecular flexibility index (Phi) is 2.52. The van der Waals surface area contributed by atoms with E-state index in [-0.39, 0.29) is 5.91 Å². The van der Waals surface area contributed by atoms with Gasteiger partial charge < -0.3 is 0 Å². The second-order valence-electron chi connectivity index (χ2n) is 3.72. The Hall–Kier alpha value is -2.28. The first-order chi connectivity index (χ1) is 8.74. The van der Waals surface area contributed by atoms with Gasteiger partial charge in [0.05, 0.1) is 17.3 Å². The van der Waals surface area contributed by atoms with Crippen molar-refractivity contribution in [3.05, 3.63) is 35.0 Å². The number of carbonyl (C=O) groups is 1. The summed E-state index contributed by atoms with van der Waals surface area (Å²) >= 11 is 1.34. The largest absolute Gasteiger partial charge is 0.296 e. The molecule has 6 nitrogen and oxygen atoms in total. The van der Waals surface area contributed by atoms with Crippen LogP contribution in [0.5, 0.6) is 0 Å². The molecule has 7 heteroatoms. The molecule has 0 fully saturated rings. The molecule has 2 N–H and O–H groups in total. The maximum atomic E-state index is 12.1. The van der Waals surface area contributed by atoms with Crippen LogP contribution in [-0.2, 0) is 0 Å². The third-order valence-corrected chi connectivity index (χ3v) is 3.23. The maximum Gasteiger partial charge on any atom is 0.258 e. The zero-order valence-electron chi connectivity index (χ0n) is 9.47. The molecule has 1 amide bonds. The van der Waals surface area contributed by atoms with Crippen LogP contribution in [0.1, 0.15) is 15.4 Å². The zero-order chi connectivity index (χ0) is 12.5. The highest BCUT2D eigenvalue weighted by molar-refractivity contribution is 7.15. The van der Waals surface area contributed by atoms with Crippen LogP contribution in [0.4, 0.5) is 5.13 Å². The number of anilines is 1. The van der Waals surface area contributed by atoms with Gasteiger partial charge in [-0.25, -0.2) is 0 Å². The van der Waals surface area contributed by atoms with Crippen LogP contribution in [0.25, 0.3) is 10.9 Å². The van der Waals surface area contributed by atoms with Crippen LogP contribution in [0, 0.1) is 6.92 Å². The molecule has 1 aromatic carbocycles. The zero-order valence-corrected chi connectivity index (χ0v) is 10.3. The average molecular weight is 259 g/mol. The standard InChI is InChI=1S/C11H9N5OS/c1-6-14-16-11(18-6)13-10(17)7-3-2-4-9-8(7)5-12-15-9/h2-5H,1H3,(H,12,15)(H,13,16,17). The minimum atomic E-state index is -0.210. The van der Waals surface area contributed by atoms with Crippen molar-refractivity contribution in [2.45, 2.75) is 6.92 Å². The molecule has 0 unspecified atom stereocenters. The fourth-order valence-corrected chi connectivity index (χ4v) is 2.26. The Morgan fingerprint density at radius 1 is 1.39 bits per heavy atom. The van der Waals surface area contributed by atoms with Gasteiger partial charge in [-0.3, -0.25) is 15.2 Å². The van der Waals surface area contributed by atoms with E-state index in [0.29, 0.717) is 10.7 Å². The summed E-state index contributed by atoms with van der Waals surface area (Å²) in [5, 5.41) is 19.3. The van der Waals surface area contributed by atoms with Crippen LogP contribution in [0.2, 0.25) is 0 Å². The number of rotatable bonds is 2. The Bertz CT molecular complexity index is 717. The van der Waals surface area contributed by atoms with Crippen molar-refractivity contribution in [1.29, 1.82) is 0 Å². The van der Waals surface area contributed by atoms with Crippen molar-refractivity contribution < 1.29 is 4.79 Å². The van der Waals surface area contributed by atoms with Crippen molar-refractivity contribution in [3.8, 4) is 0 Å². The summed E-state index contributed by atoms with van der Waals surface area (Å²) in [5.41, 5.74) is 1.39. The molecule has 90 valence electrons. The topological polar surface area (TPSA) is 83.6 Å². The van der Waals surface area contributed by atoms with Crippen LogP contribution in [0.3, 0.4) is 0 Å². The first-order valence-corrected chi connectivity index (χ1v) is 6.09. The first-order valence-electron chi connectivity index (χ1n) is 5.27. The van der Waals surface area contributed by atoms with Crippen molar-refractivity contribution >= 4 is 33.3 Å². The normalized spacial score (nSPS) is 10.7. The predicted octanol–water partition coefficient (Wildman–Crippen LogP) is 1.98. The number of carbonyl (C=O) groups excluding carboxylic acids is 1. The number of nitrogens with zero attached hydrogens (tertiary/aromatic N) is 3. The van der Waals surface area contributed by atoms with Gasteiger partial charge in [-0.1, -0.05) is 17.4 Å². The van der Waals surface area contributed by atoms with Gasteiger partial charge in [-0.2, -0.15) is 5.10 Å². The highest BCUT2D eigenvalue weighted by Gasteiger charge is 2.12. The van der Waals surface area contributed by atoms with Gasteiger partial charge >= 0.3 is 0 Å². The maximum absolute atomic E-state index is 12.1. The van der Waals surface area contributed by atoms with Gasteiger partial charge in [-0.05, 0) is 19.1 Å². The smallest absolute Gasteiger partial charge is 0.258 e. The molecule has 3 rings (SSSR count). The minimum absolute atomic E-state index is 0.210. The molecule has 0 saturated heterocycles. The number of aromatic nitrogens is 4. The third-order valence-electron chi connectivity index (χ3n) is 2.48. The van der Waals surface area contributed by atoms with E-state index in [1.165, 1.54) is 11.3 Å². The average Bonchev–Trinajstić information content (AvgIpc) is 2.97. The number of hydrogen-bond acceptors (Lipinski definition) is 5. The third kappa shape index (κ3) is 1.84. The van der Waals surface area contributed by atoms with Gasteiger partial charge in [-0.15, -0.1) is 10.2 Å². The molecule has 0 radical (unpaired) electrons. The van der Waals surface area contributed by atoms with E-state index in [1.54, 1.807) is 18.3 Å². The number of hydrogen-bond donors (Lipinski definition) is 2. The Morgan fingerprint density at radius 3 is 3.06 bits per heavy atom. The molecule has 2 heterocycles. The van der Waals surface area contributed by atoms with Crippen LogP contribution >= 0.6 is 11.3 Å². The van der Waals surface area contributed by atoms with Crippen molar-refractivity contribution in [2.24, 2.45) is 0 Å². The summed E-state index contributed by atoms with van der Waals surface area (Å²) in [5.74, 6) is -0.210. The lowest BCUT2D eigenvalue weighted by Crippen LogP contribution is -2.11. The summed E-state index contributed by atoms with van der Waals surface area (Å²) in [4.78, 5) is 12.1. The fraction of sp³-hybridized carbons (Fsp3) is 0.0909. The van der Waals surface area contributed by atoms with E-state index < -0.39 is 0 Å². The highest BCUT2D eigenvalue weighted by atomic mass is 32.1. The van der Waals surface area contributed by atoms with Crippen LogP contribution in [0.15, 0.2) is 24.4 Å². The van der Waals surface area contributed by atoms with E-state index in [4.69, 9.17) is 0 Å². The van der Waals surface area contributed by atoms with Crippen molar-refractivity contribution in [2.75, 3.05) is 5.32 Å². The molecular weight excluding hydrogens is 250 g/mol. The SMILES string of the molecule is Cc1nnc(NC(=O)c2cccc3[nH]ncc23)s1. The van der Waals surface area contributed by atoms with Gasteiger partial charge in [0.15, 0.2) is 0 Å². The fourth-order valence-electron chi connectivity index (χ4n) is 1.68. The number of H-pyrrole nitrogens is 1. The Labute approximate surface area is 106 Å². The first kappa shape index (κ1) is 10.8. The van der Waals surface area contributed by atoms with E-state index in [9.17, 15) is 4.79 Å².